The Balaban J connectivity index is 2.06. The molecule has 0 bridgehead atoms. The molecule has 0 amide bonds. The Morgan fingerprint density at radius 1 is 1.05 bits per heavy atom. The number of thiophene rings is 2. The number of carbonyl (C=O) groups is 2. The van der Waals surface area contributed by atoms with Crippen molar-refractivity contribution < 1.29 is 19.0 Å². The molecule has 0 aliphatic carbocycles. The molecule has 0 aliphatic heterocycles. The molecule has 7 heteroatoms. The van der Waals surface area contributed by atoms with E-state index in [1.54, 1.807) is 35.0 Å². The predicted molar refractivity (Wildman–Crippen MR) is 73.2 cm³/mol. The number of ketones is 2. The lowest BCUT2D eigenvalue weighted by Gasteiger charge is -1.95. The molecule has 20 heavy (non-hydrogen) atoms. The second-order valence-corrected chi connectivity index (χ2v) is 5.75. The Morgan fingerprint density at radius 3 is 2.20 bits per heavy atom. The Morgan fingerprint density at radius 2 is 1.65 bits per heavy atom. The average molecular weight is 305 g/mol. The minimum Gasteiger partial charge on any atom is -0.374 e. The molecule has 0 unspecified atom stereocenters. The molecular formula is C13H7NO4S2. The summed E-state index contributed by atoms with van der Waals surface area (Å²) in [6.45, 7) is 0. The summed E-state index contributed by atoms with van der Waals surface area (Å²) in [5.41, 5.74) is -0.285. The fraction of sp³-hybridized carbons (Fsp3) is 0. The van der Waals surface area contributed by atoms with Crippen LogP contribution in [0.2, 0.25) is 0 Å². The second-order valence-electron chi connectivity index (χ2n) is 3.86. The molecule has 3 rings (SSSR count). The van der Waals surface area contributed by atoms with Gasteiger partial charge in [0, 0.05) is 0 Å². The van der Waals surface area contributed by atoms with E-state index in [4.69, 9.17) is 0 Å². The maximum atomic E-state index is 12.3. The summed E-state index contributed by atoms with van der Waals surface area (Å²) in [6.07, 6.45) is 1.02. The summed E-state index contributed by atoms with van der Waals surface area (Å²) >= 11 is 2.45. The van der Waals surface area contributed by atoms with Crippen molar-refractivity contribution in [3.63, 3.8) is 0 Å². The number of hydrogen-bond acceptors (Lipinski definition) is 6. The van der Waals surface area contributed by atoms with E-state index in [0.29, 0.717) is 9.75 Å². The standard InChI is InChI=1S/C13H7NO4S2/c15-12(9-3-1-5-19-9)8-7-18-14(17)11(8)13(16)10-4-2-6-20-10/h1-7H. The molecule has 0 aliphatic rings. The average Bonchev–Trinajstić information content (AvgIpc) is 3.19. The first-order valence-electron chi connectivity index (χ1n) is 5.56. The number of carbonyl (C=O) groups excluding carboxylic acids is 2. The molecule has 0 saturated carbocycles. The Labute approximate surface area is 121 Å². The number of aromatic nitrogens is 1. The molecule has 0 atom stereocenters. The van der Waals surface area contributed by atoms with Gasteiger partial charge in [-0.05, 0) is 22.9 Å². The van der Waals surface area contributed by atoms with Gasteiger partial charge in [0.2, 0.25) is 5.78 Å². The Hall–Kier alpha value is -2.25. The zero-order valence-electron chi connectivity index (χ0n) is 9.94. The van der Waals surface area contributed by atoms with E-state index in [1.807, 2.05) is 0 Å². The van der Waals surface area contributed by atoms with Gasteiger partial charge in [-0.2, -0.15) is 0 Å². The van der Waals surface area contributed by atoms with Crippen LogP contribution in [0.25, 0.3) is 0 Å². The molecular weight excluding hydrogens is 298 g/mol. The third kappa shape index (κ3) is 2.06. The van der Waals surface area contributed by atoms with Crippen LogP contribution in [-0.4, -0.2) is 11.6 Å². The van der Waals surface area contributed by atoms with Crippen LogP contribution in [-0.2, 0) is 0 Å². The van der Waals surface area contributed by atoms with Crippen LogP contribution in [0.5, 0.6) is 0 Å². The maximum Gasteiger partial charge on any atom is 0.328 e. The molecule has 100 valence electrons. The van der Waals surface area contributed by atoms with E-state index in [2.05, 4.69) is 4.52 Å². The van der Waals surface area contributed by atoms with Gasteiger partial charge in [0.1, 0.15) is 5.56 Å². The fourth-order valence-corrected chi connectivity index (χ4v) is 3.08. The molecule has 5 nitrogen and oxygen atoms in total. The Bertz CT molecular complexity index is 757. The number of nitrogens with zero attached hydrogens (tertiary/aromatic N) is 1. The van der Waals surface area contributed by atoms with Crippen LogP contribution >= 0.6 is 22.7 Å². The van der Waals surface area contributed by atoms with Crippen LogP contribution < -0.4 is 4.90 Å². The quantitative estimate of drug-likeness (QED) is 0.548. The van der Waals surface area contributed by atoms with E-state index in [-0.39, 0.29) is 16.2 Å². The molecule has 0 radical (unpaired) electrons. The van der Waals surface area contributed by atoms with Gasteiger partial charge in [0.05, 0.1) is 20.9 Å². The fourth-order valence-electron chi connectivity index (χ4n) is 1.74. The second kappa shape index (κ2) is 5.03. The highest BCUT2D eigenvalue weighted by Gasteiger charge is 2.32. The van der Waals surface area contributed by atoms with Crippen LogP contribution in [0.15, 0.2) is 45.8 Å². The van der Waals surface area contributed by atoms with Crippen LogP contribution in [0.3, 0.4) is 0 Å². The number of hydrogen-bond donors (Lipinski definition) is 0. The van der Waals surface area contributed by atoms with Crippen molar-refractivity contribution in [1.29, 1.82) is 0 Å². The summed E-state index contributed by atoms with van der Waals surface area (Å²) in [5.74, 6) is -0.901. The lowest BCUT2D eigenvalue weighted by atomic mass is 10.1. The van der Waals surface area contributed by atoms with Gasteiger partial charge < -0.3 is 4.52 Å². The molecule has 0 aromatic carbocycles. The minimum absolute atomic E-state index is 0.0131. The summed E-state index contributed by atoms with van der Waals surface area (Å²) in [7, 11) is 0. The van der Waals surface area contributed by atoms with Crippen molar-refractivity contribution in [2.75, 3.05) is 0 Å². The largest absolute Gasteiger partial charge is 0.374 e. The maximum absolute atomic E-state index is 12.3. The van der Waals surface area contributed by atoms with Gasteiger partial charge in [0.25, 0.3) is 5.78 Å². The van der Waals surface area contributed by atoms with Gasteiger partial charge in [-0.1, -0.05) is 12.1 Å². The van der Waals surface area contributed by atoms with Gasteiger partial charge >= 0.3 is 5.69 Å². The van der Waals surface area contributed by atoms with Crippen LogP contribution in [0.1, 0.15) is 30.6 Å². The van der Waals surface area contributed by atoms with Crippen molar-refractivity contribution in [2.45, 2.75) is 0 Å². The van der Waals surface area contributed by atoms with Gasteiger partial charge in [-0.25, -0.2) is 0 Å². The van der Waals surface area contributed by atoms with E-state index < -0.39 is 11.6 Å². The zero-order chi connectivity index (χ0) is 14.1. The van der Waals surface area contributed by atoms with Crippen LogP contribution in [0, 0.1) is 5.21 Å². The third-order valence-electron chi connectivity index (χ3n) is 2.65. The van der Waals surface area contributed by atoms with Gasteiger partial charge in [-0.3, -0.25) is 14.8 Å². The lowest BCUT2D eigenvalue weighted by molar-refractivity contribution is -0.793. The van der Waals surface area contributed by atoms with E-state index in [1.165, 1.54) is 22.7 Å². The van der Waals surface area contributed by atoms with E-state index >= 15 is 0 Å². The minimum atomic E-state index is -0.511. The molecule has 0 fully saturated rings. The first-order valence-corrected chi connectivity index (χ1v) is 7.32. The highest BCUT2D eigenvalue weighted by molar-refractivity contribution is 7.12. The highest BCUT2D eigenvalue weighted by Crippen LogP contribution is 2.20. The molecule has 0 N–H and O–H groups in total. The van der Waals surface area contributed by atoms with Crippen LogP contribution in [0.4, 0.5) is 0 Å². The molecule has 0 spiro atoms. The molecule has 3 aromatic rings. The van der Waals surface area contributed by atoms with Gasteiger partial charge in [-0.15, -0.1) is 22.7 Å². The SMILES string of the molecule is O=C(c1cccs1)c1co[n+]([O-])c1C(=O)c1cccs1. The van der Waals surface area contributed by atoms with Crippen molar-refractivity contribution in [3.05, 3.63) is 67.5 Å². The summed E-state index contributed by atoms with van der Waals surface area (Å²) < 4.78 is 4.66. The lowest BCUT2D eigenvalue weighted by Crippen LogP contribution is -2.32. The van der Waals surface area contributed by atoms with Crippen molar-refractivity contribution in [3.8, 4) is 0 Å². The smallest absolute Gasteiger partial charge is 0.328 e. The van der Waals surface area contributed by atoms with Crippen molar-refractivity contribution in [2.24, 2.45) is 0 Å². The predicted octanol–water partition coefficient (Wildman–Crippen LogP) is 2.50. The summed E-state index contributed by atoms with van der Waals surface area (Å²) in [5, 5.41) is 15.1. The molecule has 3 heterocycles. The van der Waals surface area contributed by atoms with Crippen molar-refractivity contribution in [1.82, 2.24) is 0 Å². The molecule has 3 aromatic heterocycles. The highest BCUT2D eigenvalue weighted by atomic mass is 32.1. The summed E-state index contributed by atoms with van der Waals surface area (Å²) in [6, 6.07) is 6.66. The first-order chi connectivity index (χ1) is 9.68. The van der Waals surface area contributed by atoms with E-state index in [0.717, 1.165) is 6.26 Å². The zero-order valence-corrected chi connectivity index (χ0v) is 11.6. The third-order valence-corrected chi connectivity index (χ3v) is 4.39. The summed E-state index contributed by atoms with van der Waals surface area (Å²) in [4.78, 5) is 25.5. The topological polar surface area (TPSA) is 74.2 Å². The van der Waals surface area contributed by atoms with E-state index in [9.17, 15) is 14.8 Å². The molecule has 0 saturated heterocycles. The monoisotopic (exact) mass is 305 g/mol. The first kappa shape index (κ1) is 12.8. The van der Waals surface area contributed by atoms with Gasteiger partial charge in [0.15, 0.2) is 0 Å². The Kier molecular flexibility index (Phi) is 3.21. The normalized spacial score (nSPS) is 10.6. The number of rotatable bonds is 4. The van der Waals surface area contributed by atoms with Crippen molar-refractivity contribution >= 4 is 34.2 Å².